The molecule has 1 heterocycles. The summed E-state index contributed by atoms with van der Waals surface area (Å²) in [5.41, 5.74) is 7.23. The summed E-state index contributed by atoms with van der Waals surface area (Å²) < 4.78 is 4.96. The van der Waals surface area contributed by atoms with Crippen molar-refractivity contribution >= 4 is 17.4 Å². The number of benzene rings is 1. The van der Waals surface area contributed by atoms with Gasteiger partial charge >= 0.3 is 6.03 Å². The third kappa shape index (κ3) is 1.81. The average Bonchev–Trinajstić information content (AvgIpc) is 2.62. The van der Waals surface area contributed by atoms with E-state index in [0.717, 1.165) is 5.69 Å². The predicted molar refractivity (Wildman–Crippen MR) is 62.2 cm³/mol. The highest BCUT2D eigenvalue weighted by atomic mass is 16.5. The van der Waals surface area contributed by atoms with E-state index in [4.69, 9.17) is 10.5 Å². The molecule has 0 unspecified atom stereocenters. The fourth-order valence-corrected chi connectivity index (χ4v) is 1.82. The molecular weight excluding hydrogens is 206 g/mol. The molecule has 0 saturated carbocycles. The molecular formula is C11H15N3O2. The molecule has 5 heteroatoms. The Kier molecular flexibility index (Phi) is 2.96. The highest BCUT2D eigenvalue weighted by molar-refractivity contribution is 5.96. The summed E-state index contributed by atoms with van der Waals surface area (Å²) in [5, 5.41) is 0. The molecule has 2 rings (SSSR count). The van der Waals surface area contributed by atoms with Gasteiger partial charge in [-0.15, -0.1) is 0 Å². The molecule has 5 nitrogen and oxygen atoms in total. The number of nitrogen functional groups attached to an aromatic ring is 1. The largest absolute Gasteiger partial charge is 0.397 e. The fraction of sp³-hybridized carbons (Fsp3) is 0.364. The number of nitrogens with zero attached hydrogens (tertiary/aromatic N) is 2. The fourth-order valence-electron chi connectivity index (χ4n) is 1.82. The van der Waals surface area contributed by atoms with E-state index in [1.807, 2.05) is 18.2 Å². The van der Waals surface area contributed by atoms with Gasteiger partial charge in [0.15, 0.2) is 0 Å². The Morgan fingerprint density at radius 1 is 1.38 bits per heavy atom. The second-order valence-electron chi connectivity index (χ2n) is 3.67. The van der Waals surface area contributed by atoms with Crippen molar-refractivity contribution in [2.45, 2.75) is 0 Å². The number of hydrogen-bond donors (Lipinski definition) is 1. The number of carbonyl (C=O) groups excluding carboxylic acids is 1. The van der Waals surface area contributed by atoms with Gasteiger partial charge in [-0.1, -0.05) is 12.1 Å². The Balaban J connectivity index is 2.19. The van der Waals surface area contributed by atoms with Gasteiger partial charge < -0.3 is 10.5 Å². The quantitative estimate of drug-likeness (QED) is 0.778. The molecule has 1 fully saturated rings. The molecule has 1 aliphatic heterocycles. The van der Waals surface area contributed by atoms with Crippen LogP contribution in [0, 0.1) is 0 Å². The second-order valence-corrected chi connectivity index (χ2v) is 3.67. The van der Waals surface area contributed by atoms with Gasteiger partial charge in [0.1, 0.15) is 6.73 Å². The maximum atomic E-state index is 12.0. The van der Waals surface area contributed by atoms with E-state index in [1.165, 1.54) is 0 Å². The van der Waals surface area contributed by atoms with Crippen molar-refractivity contribution in [1.29, 1.82) is 0 Å². The molecule has 86 valence electrons. The van der Waals surface area contributed by atoms with Crippen LogP contribution in [0.25, 0.3) is 0 Å². The first-order valence-electron chi connectivity index (χ1n) is 5.14. The van der Waals surface area contributed by atoms with Crippen LogP contribution in [-0.2, 0) is 4.74 Å². The zero-order valence-corrected chi connectivity index (χ0v) is 9.22. The molecule has 0 radical (unpaired) electrons. The highest BCUT2D eigenvalue weighted by Gasteiger charge is 2.30. The molecule has 1 aromatic carbocycles. The van der Waals surface area contributed by atoms with Crippen LogP contribution in [0.1, 0.15) is 0 Å². The van der Waals surface area contributed by atoms with Gasteiger partial charge in [0.2, 0.25) is 0 Å². The lowest BCUT2D eigenvalue weighted by molar-refractivity contribution is 0.0975. The summed E-state index contributed by atoms with van der Waals surface area (Å²) in [6, 6.07) is 7.31. The maximum Gasteiger partial charge on any atom is 0.326 e. The highest BCUT2D eigenvalue weighted by Crippen LogP contribution is 2.25. The van der Waals surface area contributed by atoms with Crippen LogP contribution < -0.4 is 10.6 Å². The van der Waals surface area contributed by atoms with Crippen molar-refractivity contribution in [2.75, 3.05) is 37.6 Å². The second kappa shape index (κ2) is 4.40. The first kappa shape index (κ1) is 10.8. The molecule has 1 aliphatic rings. The number of hydrogen-bond acceptors (Lipinski definition) is 3. The van der Waals surface area contributed by atoms with Crippen LogP contribution in [0.15, 0.2) is 24.3 Å². The molecule has 0 spiro atoms. The molecule has 1 saturated heterocycles. The first-order valence-corrected chi connectivity index (χ1v) is 5.14. The Hall–Kier alpha value is -1.75. The molecule has 0 aromatic heterocycles. The van der Waals surface area contributed by atoms with Crippen LogP contribution >= 0.6 is 0 Å². The van der Waals surface area contributed by atoms with E-state index in [1.54, 1.807) is 23.0 Å². The number of urea groups is 1. The van der Waals surface area contributed by atoms with Crippen molar-refractivity contribution in [3.63, 3.8) is 0 Å². The van der Waals surface area contributed by atoms with Gasteiger partial charge in [-0.25, -0.2) is 4.79 Å². The van der Waals surface area contributed by atoms with E-state index in [9.17, 15) is 4.79 Å². The number of ether oxygens (including phenoxy) is 1. The van der Waals surface area contributed by atoms with E-state index in [0.29, 0.717) is 25.5 Å². The van der Waals surface area contributed by atoms with Gasteiger partial charge in [-0.3, -0.25) is 9.80 Å². The third-order valence-electron chi connectivity index (χ3n) is 2.61. The Labute approximate surface area is 94.4 Å². The number of carbonyl (C=O) groups is 1. The summed E-state index contributed by atoms with van der Waals surface area (Å²) in [6.07, 6.45) is 0. The minimum Gasteiger partial charge on any atom is -0.397 e. The van der Waals surface area contributed by atoms with Gasteiger partial charge in [0.05, 0.1) is 11.4 Å². The van der Waals surface area contributed by atoms with Crippen molar-refractivity contribution < 1.29 is 9.53 Å². The summed E-state index contributed by atoms with van der Waals surface area (Å²) in [7, 11) is 1.58. The number of methoxy groups -OCH3 is 1. The van der Waals surface area contributed by atoms with Crippen LogP contribution in [0.5, 0.6) is 0 Å². The van der Waals surface area contributed by atoms with E-state index >= 15 is 0 Å². The van der Waals surface area contributed by atoms with Crippen molar-refractivity contribution in [2.24, 2.45) is 0 Å². The Morgan fingerprint density at radius 3 is 2.81 bits per heavy atom. The van der Waals surface area contributed by atoms with Crippen LogP contribution in [0.3, 0.4) is 0 Å². The summed E-state index contributed by atoms with van der Waals surface area (Å²) in [5.74, 6) is 0. The molecule has 16 heavy (non-hydrogen) atoms. The zero-order chi connectivity index (χ0) is 11.5. The van der Waals surface area contributed by atoms with E-state index in [2.05, 4.69) is 0 Å². The standard InChI is InChI=1S/C11H15N3O2/c1-16-8-13-6-7-14(11(13)15)10-5-3-2-4-9(10)12/h2-5H,6-8,12H2,1H3. The molecule has 0 aliphatic carbocycles. The lowest BCUT2D eigenvalue weighted by Gasteiger charge is -2.19. The third-order valence-corrected chi connectivity index (χ3v) is 2.61. The number of rotatable bonds is 3. The number of para-hydroxylation sites is 2. The van der Waals surface area contributed by atoms with Crippen molar-refractivity contribution in [3.8, 4) is 0 Å². The number of nitrogens with two attached hydrogens (primary N) is 1. The lowest BCUT2D eigenvalue weighted by Crippen LogP contribution is -2.33. The SMILES string of the molecule is COCN1CCN(c2ccccc2N)C1=O. The van der Waals surface area contributed by atoms with Crippen molar-refractivity contribution in [1.82, 2.24) is 4.90 Å². The zero-order valence-electron chi connectivity index (χ0n) is 9.22. The van der Waals surface area contributed by atoms with Gasteiger partial charge in [0, 0.05) is 20.2 Å². The Morgan fingerprint density at radius 2 is 2.12 bits per heavy atom. The topological polar surface area (TPSA) is 58.8 Å². The summed E-state index contributed by atoms with van der Waals surface area (Å²) in [6.45, 7) is 1.64. The first-order chi connectivity index (χ1) is 7.74. The normalized spacial score (nSPS) is 15.9. The molecule has 2 N–H and O–H groups in total. The lowest BCUT2D eigenvalue weighted by atomic mass is 10.2. The van der Waals surface area contributed by atoms with Crippen LogP contribution in [-0.4, -0.2) is 37.9 Å². The smallest absolute Gasteiger partial charge is 0.326 e. The molecule has 0 bridgehead atoms. The molecule has 1 aromatic rings. The maximum absolute atomic E-state index is 12.0. The molecule has 2 amide bonds. The summed E-state index contributed by atoms with van der Waals surface area (Å²) in [4.78, 5) is 15.3. The molecule has 0 atom stereocenters. The summed E-state index contributed by atoms with van der Waals surface area (Å²) >= 11 is 0. The van der Waals surface area contributed by atoms with Crippen LogP contribution in [0.2, 0.25) is 0 Å². The minimum absolute atomic E-state index is 0.0558. The van der Waals surface area contributed by atoms with E-state index < -0.39 is 0 Å². The van der Waals surface area contributed by atoms with E-state index in [-0.39, 0.29) is 6.03 Å². The van der Waals surface area contributed by atoms with Crippen molar-refractivity contribution in [3.05, 3.63) is 24.3 Å². The van der Waals surface area contributed by atoms with Gasteiger partial charge in [-0.2, -0.15) is 0 Å². The van der Waals surface area contributed by atoms with Crippen LogP contribution in [0.4, 0.5) is 16.2 Å². The van der Waals surface area contributed by atoms with Gasteiger partial charge in [0.25, 0.3) is 0 Å². The number of anilines is 2. The predicted octanol–water partition coefficient (Wildman–Crippen LogP) is 1.11. The number of amides is 2. The average molecular weight is 221 g/mol. The monoisotopic (exact) mass is 221 g/mol. The minimum atomic E-state index is -0.0558. The Bertz CT molecular complexity index is 395. The van der Waals surface area contributed by atoms with Gasteiger partial charge in [-0.05, 0) is 12.1 Å².